The van der Waals surface area contributed by atoms with Gasteiger partial charge in [0, 0.05) is 17.8 Å². The van der Waals surface area contributed by atoms with E-state index >= 15 is 0 Å². The number of sulfonamides is 1. The average molecular weight is 380 g/mol. The maximum absolute atomic E-state index is 12.5. The fraction of sp³-hybridized carbons (Fsp3) is 0.222. The van der Waals surface area contributed by atoms with Crippen LogP contribution in [0.5, 0.6) is 5.75 Å². The zero-order valence-electron chi connectivity index (χ0n) is 13.8. The van der Waals surface area contributed by atoms with Crippen LogP contribution in [0.1, 0.15) is 12.7 Å². The number of hydrogen-bond donors (Lipinski definition) is 1. The molecule has 0 amide bonds. The molecular formula is C18H18ClNO4S. The normalized spacial score (nSPS) is 13.1. The van der Waals surface area contributed by atoms with Crippen molar-refractivity contribution in [2.75, 3.05) is 7.11 Å². The van der Waals surface area contributed by atoms with Crippen LogP contribution in [-0.4, -0.2) is 21.6 Å². The van der Waals surface area contributed by atoms with Crippen LogP contribution in [0.4, 0.5) is 0 Å². The lowest BCUT2D eigenvalue weighted by Crippen LogP contribution is -2.34. The third kappa shape index (κ3) is 3.98. The minimum atomic E-state index is -3.69. The lowest BCUT2D eigenvalue weighted by atomic mass is 10.2. The summed E-state index contributed by atoms with van der Waals surface area (Å²) in [7, 11) is -2.21. The maximum Gasteiger partial charge on any atom is 0.240 e. The number of halogens is 1. The summed E-state index contributed by atoms with van der Waals surface area (Å²) in [5.41, 5.74) is 0.787. The van der Waals surface area contributed by atoms with Gasteiger partial charge in [0.25, 0.3) is 0 Å². The van der Waals surface area contributed by atoms with Gasteiger partial charge in [-0.2, -0.15) is 0 Å². The van der Waals surface area contributed by atoms with E-state index in [-0.39, 0.29) is 16.0 Å². The molecule has 0 bridgehead atoms. The van der Waals surface area contributed by atoms with Gasteiger partial charge in [0.05, 0.1) is 17.0 Å². The predicted octanol–water partition coefficient (Wildman–Crippen LogP) is 4.00. The zero-order chi connectivity index (χ0) is 18.0. The van der Waals surface area contributed by atoms with Gasteiger partial charge in [0.1, 0.15) is 17.1 Å². The second-order valence-electron chi connectivity index (χ2n) is 5.77. The molecule has 1 heterocycles. The molecule has 0 spiro atoms. The summed E-state index contributed by atoms with van der Waals surface area (Å²) in [5.74, 6) is 1.15. The number of ether oxygens (including phenoxy) is 1. The largest absolute Gasteiger partial charge is 0.495 e. The van der Waals surface area contributed by atoms with Gasteiger partial charge in [0.2, 0.25) is 10.0 Å². The molecule has 1 N–H and O–H groups in total. The molecule has 5 nitrogen and oxygen atoms in total. The highest BCUT2D eigenvalue weighted by Crippen LogP contribution is 2.27. The summed E-state index contributed by atoms with van der Waals surface area (Å²) in [5, 5.41) is 1.24. The number of furan rings is 1. The lowest BCUT2D eigenvalue weighted by molar-refractivity contribution is 0.414. The molecule has 7 heteroatoms. The fourth-order valence-electron chi connectivity index (χ4n) is 2.63. The molecule has 0 aliphatic heterocycles. The Labute approximate surface area is 151 Å². The van der Waals surface area contributed by atoms with Crippen LogP contribution in [0.2, 0.25) is 5.02 Å². The van der Waals surface area contributed by atoms with Gasteiger partial charge in [-0.15, -0.1) is 0 Å². The summed E-state index contributed by atoms with van der Waals surface area (Å²) in [4.78, 5) is 0.0924. The number of benzene rings is 2. The molecule has 0 fully saturated rings. The molecule has 2 aromatic carbocycles. The topological polar surface area (TPSA) is 68.5 Å². The number of nitrogens with one attached hydrogen (secondary N) is 1. The smallest absolute Gasteiger partial charge is 0.240 e. The average Bonchev–Trinajstić information content (AvgIpc) is 2.96. The quantitative estimate of drug-likeness (QED) is 0.702. The number of rotatable bonds is 6. The second kappa shape index (κ2) is 7.07. The summed E-state index contributed by atoms with van der Waals surface area (Å²) < 4.78 is 38.5. The summed E-state index contributed by atoms with van der Waals surface area (Å²) in [6.45, 7) is 1.79. The van der Waals surface area contributed by atoms with Crippen molar-refractivity contribution in [3.05, 3.63) is 59.3 Å². The first-order valence-electron chi connectivity index (χ1n) is 7.72. The minimum absolute atomic E-state index is 0.0924. The molecule has 25 heavy (non-hydrogen) atoms. The molecule has 0 aliphatic rings. The van der Waals surface area contributed by atoms with E-state index in [4.69, 9.17) is 20.8 Å². The highest BCUT2D eigenvalue weighted by molar-refractivity contribution is 7.89. The highest BCUT2D eigenvalue weighted by Gasteiger charge is 2.20. The van der Waals surface area contributed by atoms with Crippen molar-refractivity contribution in [2.24, 2.45) is 0 Å². The van der Waals surface area contributed by atoms with E-state index in [1.807, 2.05) is 30.3 Å². The Morgan fingerprint density at radius 2 is 1.96 bits per heavy atom. The summed E-state index contributed by atoms with van der Waals surface area (Å²) >= 11 is 6.01. The molecule has 3 aromatic rings. The molecule has 0 radical (unpaired) electrons. The molecular weight excluding hydrogens is 362 g/mol. The Morgan fingerprint density at radius 3 is 2.64 bits per heavy atom. The molecule has 0 aliphatic carbocycles. The number of para-hydroxylation sites is 1. The Kier molecular flexibility index (Phi) is 5.03. The van der Waals surface area contributed by atoms with Gasteiger partial charge < -0.3 is 9.15 Å². The third-order valence-corrected chi connectivity index (χ3v) is 5.66. The van der Waals surface area contributed by atoms with Gasteiger partial charge in [0.15, 0.2) is 0 Å². The van der Waals surface area contributed by atoms with Crippen LogP contribution in [-0.2, 0) is 16.4 Å². The van der Waals surface area contributed by atoms with E-state index in [1.165, 1.54) is 25.3 Å². The van der Waals surface area contributed by atoms with Gasteiger partial charge >= 0.3 is 0 Å². The minimum Gasteiger partial charge on any atom is -0.495 e. The van der Waals surface area contributed by atoms with Crippen LogP contribution in [0.15, 0.2) is 57.8 Å². The third-order valence-electron chi connectivity index (χ3n) is 3.77. The molecule has 0 saturated carbocycles. The predicted molar refractivity (Wildman–Crippen MR) is 97.7 cm³/mol. The van der Waals surface area contributed by atoms with Crippen molar-refractivity contribution in [1.82, 2.24) is 4.72 Å². The van der Waals surface area contributed by atoms with Crippen molar-refractivity contribution in [3.8, 4) is 5.75 Å². The Hall–Kier alpha value is -2.02. The number of fused-ring (bicyclic) bond motifs is 1. The van der Waals surface area contributed by atoms with E-state index in [9.17, 15) is 8.42 Å². The Balaban J connectivity index is 1.74. The molecule has 132 valence electrons. The number of methoxy groups -OCH3 is 1. The zero-order valence-corrected chi connectivity index (χ0v) is 15.4. The van der Waals surface area contributed by atoms with E-state index in [0.29, 0.717) is 12.2 Å². The van der Waals surface area contributed by atoms with Gasteiger partial charge in [-0.1, -0.05) is 29.8 Å². The Bertz CT molecular complexity index is 964. The van der Waals surface area contributed by atoms with Crippen LogP contribution < -0.4 is 9.46 Å². The molecule has 3 rings (SSSR count). The Morgan fingerprint density at radius 1 is 1.20 bits per heavy atom. The van der Waals surface area contributed by atoms with Crippen LogP contribution in [0.3, 0.4) is 0 Å². The molecule has 0 saturated heterocycles. The second-order valence-corrected chi connectivity index (χ2v) is 7.89. The van der Waals surface area contributed by atoms with Gasteiger partial charge in [-0.25, -0.2) is 13.1 Å². The monoisotopic (exact) mass is 379 g/mol. The number of hydrogen-bond acceptors (Lipinski definition) is 4. The van der Waals surface area contributed by atoms with Gasteiger partial charge in [-0.05, 0) is 37.3 Å². The van der Waals surface area contributed by atoms with E-state index in [0.717, 1.165) is 16.7 Å². The molecule has 1 unspecified atom stereocenters. The van der Waals surface area contributed by atoms with Crippen LogP contribution in [0, 0.1) is 0 Å². The highest BCUT2D eigenvalue weighted by atomic mass is 35.5. The van der Waals surface area contributed by atoms with E-state index in [2.05, 4.69) is 4.72 Å². The van der Waals surface area contributed by atoms with Crippen molar-refractivity contribution >= 4 is 32.6 Å². The summed E-state index contributed by atoms with van der Waals surface area (Å²) in [6, 6.07) is 13.6. The molecule has 1 atom stereocenters. The first-order chi connectivity index (χ1) is 11.9. The molecule has 1 aromatic heterocycles. The first-order valence-corrected chi connectivity index (χ1v) is 9.58. The van der Waals surface area contributed by atoms with Crippen molar-refractivity contribution < 1.29 is 17.6 Å². The van der Waals surface area contributed by atoms with E-state index < -0.39 is 10.0 Å². The lowest BCUT2D eigenvalue weighted by Gasteiger charge is -2.14. The first kappa shape index (κ1) is 17.8. The van der Waals surface area contributed by atoms with Crippen molar-refractivity contribution in [3.63, 3.8) is 0 Å². The van der Waals surface area contributed by atoms with Gasteiger partial charge in [-0.3, -0.25) is 0 Å². The van der Waals surface area contributed by atoms with Crippen molar-refractivity contribution in [2.45, 2.75) is 24.3 Å². The fourth-order valence-corrected chi connectivity index (χ4v) is 4.22. The van der Waals surface area contributed by atoms with E-state index in [1.54, 1.807) is 6.92 Å². The van der Waals surface area contributed by atoms with Crippen LogP contribution in [0.25, 0.3) is 11.0 Å². The SMILES string of the molecule is COc1ccc(S(=O)(=O)NC(C)Cc2cc3ccccc3o2)cc1Cl. The van der Waals surface area contributed by atoms with Crippen LogP contribution >= 0.6 is 11.6 Å². The standard InChI is InChI=1S/C18H18ClNO4S/c1-12(9-14-10-13-5-3-4-6-17(13)24-14)20-25(21,22)15-7-8-18(23-2)16(19)11-15/h3-8,10-12,20H,9H2,1-2H3. The maximum atomic E-state index is 12.5. The summed E-state index contributed by atoms with van der Waals surface area (Å²) in [6.07, 6.45) is 0.442. The van der Waals surface area contributed by atoms with Crippen molar-refractivity contribution in [1.29, 1.82) is 0 Å².